The normalized spacial score (nSPS) is 17.5. The number of aromatic nitrogens is 6. The number of halogens is 3. The Morgan fingerprint density at radius 2 is 2.04 bits per heavy atom. The van der Waals surface area contributed by atoms with Crippen LogP contribution in [0, 0.1) is 5.82 Å². The molecule has 1 aliphatic heterocycles. The van der Waals surface area contributed by atoms with Gasteiger partial charge in [-0.1, -0.05) is 23.2 Å². The number of aromatic amines is 1. The summed E-state index contributed by atoms with van der Waals surface area (Å²) in [6, 6.07) is 6.26. The number of nitrogens with one attached hydrogen (secondary N) is 1. The van der Waals surface area contributed by atoms with Gasteiger partial charge in [0.1, 0.15) is 17.6 Å². The van der Waals surface area contributed by atoms with Crippen LogP contribution < -0.4 is 4.90 Å². The maximum Gasteiger partial charge on any atom is 0.224 e. The molecule has 0 aliphatic carbocycles. The summed E-state index contributed by atoms with van der Waals surface area (Å²) in [6.07, 6.45) is -0.401. The number of rotatable bonds is 3. The Balaban J connectivity index is 1.54. The Hall–Kier alpha value is -2.36. The minimum atomic E-state index is -0.531. The summed E-state index contributed by atoms with van der Waals surface area (Å²) in [7, 11) is 0. The topological polar surface area (TPSA) is 92.7 Å². The zero-order chi connectivity index (χ0) is 18.1. The van der Waals surface area contributed by atoms with E-state index in [2.05, 4.69) is 30.8 Å². The van der Waals surface area contributed by atoms with E-state index in [1.54, 1.807) is 6.07 Å². The second-order valence-electron chi connectivity index (χ2n) is 5.61. The van der Waals surface area contributed by atoms with Gasteiger partial charge < -0.3 is 9.64 Å². The van der Waals surface area contributed by atoms with E-state index in [1.165, 1.54) is 12.1 Å². The van der Waals surface area contributed by atoms with Crippen LogP contribution in [0.3, 0.4) is 0 Å². The minimum absolute atomic E-state index is 0.0191. The number of benzene rings is 1. The minimum Gasteiger partial charge on any atom is -0.370 e. The molecule has 11 heteroatoms. The lowest BCUT2D eigenvalue weighted by Gasteiger charge is -2.34. The first-order valence-electron chi connectivity index (χ1n) is 7.70. The summed E-state index contributed by atoms with van der Waals surface area (Å²) in [5.41, 5.74) is 1.06. The molecule has 2 aromatic heterocycles. The summed E-state index contributed by atoms with van der Waals surface area (Å²) < 4.78 is 19.6. The molecule has 26 heavy (non-hydrogen) atoms. The van der Waals surface area contributed by atoms with Gasteiger partial charge in [-0.3, -0.25) is 0 Å². The van der Waals surface area contributed by atoms with Gasteiger partial charge in [0.05, 0.1) is 11.6 Å². The van der Waals surface area contributed by atoms with Gasteiger partial charge in [0.25, 0.3) is 0 Å². The molecule has 1 aliphatic rings. The van der Waals surface area contributed by atoms with Crippen molar-refractivity contribution in [2.75, 3.05) is 24.6 Å². The number of anilines is 1. The second-order valence-corrected chi connectivity index (χ2v) is 6.42. The predicted octanol–water partition coefficient (Wildman–Crippen LogP) is 2.68. The number of ether oxygens (including phenoxy) is 1. The molecule has 3 heterocycles. The number of hydrogen-bond donors (Lipinski definition) is 1. The van der Waals surface area contributed by atoms with Crippen molar-refractivity contribution in [3.05, 3.63) is 45.7 Å². The molecule has 1 aromatic carbocycles. The standard InChI is InChI=1S/C15H12Cl2FN7O/c16-9-6-10(17)11(18)5-8(9)13-7-25(3-4-26-13)14-2-1-12(19-20-14)15-21-23-24-22-15/h1-2,5-6,13H,3-4,7H2,(H,21,22,23,24). The van der Waals surface area contributed by atoms with E-state index in [0.29, 0.717) is 47.6 Å². The van der Waals surface area contributed by atoms with Crippen LogP contribution in [0.2, 0.25) is 10.0 Å². The van der Waals surface area contributed by atoms with Crippen LogP contribution in [0.5, 0.6) is 0 Å². The highest BCUT2D eigenvalue weighted by atomic mass is 35.5. The van der Waals surface area contributed by atoms with Gasteiger partial charge in [0.2, 0.25) is 5.82 Å². The number of nitrogens with zero attached hydrogens (tertiary/aromatic N) is 6. The van der Waals surface area contributed by atoms with Gasteiger partial charge in [0, 0.05) is 23.7 Å². The van der Waals surface area contributed by atoms with Crippen LogP contribution in [0.4, 0.5) is 10.2 Å². The lowest BCUT2D eigenvalue weighted by Crippen LogP contribution is -2.39. The first-order valence-corrected chi connectivity index (χ1v) is 8.46. The van der Waals surface area contributed by atoms with E-state index in [0.717, 1.165) is 0 Å². The molecule has 134 valence electrons. The van der Waals surface area contributed by atoms with Gasteiger partial charge in [-0.15, -0.1) is 20.4 Å². The average Bonchev–Trinajstić information content (AvgIpc) is 3.20. The maximum absolute atomic E-state index is 13.8. The lowest BCUT2D eigenvalue weighted by molar-refractivity contribution is 0.0393. The van der Waals surface area contributed by atoms with Crippen LogP contribution in [0.15, 0.2) is 24.3 Å². The zero-order valence-electron chi connectivity index (χ0n) is 13.2. The quantitative estimate of drug-likeness (QED) is 0.681. The smallest absolute Gasteiger partial charge is 0.224 e. The van der Waals surface area contributed by atoms with Crippen molar-refractivity contribution >= 4 is 29.0 Å². The Bertz CT molecular complexity index is 907. The van der Waals surface area contributed by atoms with Gasteiger partial charge in [-0.25, -0.2) is 4.39 Å². The molecule has 1 saturated heterocycles. The molecule has 0 amide bonds. The average molecular weight is 396 g/mol. The molecule has 0 radical (unpaired) electrons. The molecule has 1 atom stereocenters. The molecule has 0 saturated carbocycles. The molecular weight excluding hydrogens is 384 g/mol. The van der Waals surface area contributed by atoms with E-state index >= 15 is 0 Å². The second kappa shape index (κ2) is 7.10. The molecule has 0 spiro atoms. The van der Waals surface area contributed by atoms with Gasteiger partial charge in [0.15, 0.2) is 5.82 Å². The molecule has 1 fully saturated rings. The van der Waals surface area contributed by atoms with Crippen molar-refractivity contribution in [3.8, 4) is 11.5 Å². The Labute approximate surface area is 157 Å². The Morgan fingerprint density at radius 3 is 2.77 bits per heavy atom. The third kappa shape index (κ3) is 3.33. The van der Waals surface area contributed by atoms with Crippen LogP contribution in [0.25, 0.3) is 11.5 Å². The molecule has 8 nitrogen and oxygen atoms in total. The number of hydrogen-bond acceptors (Lipinski definition) is 7. The highest BCUT2D eigenvalue weighted by molar-refractivity contribution is 6.35. The molecule has 3 aromatic rings. The SMILES string of the molecule is Fc1cc(C2CN(c3ccc(-c4nn[nH]n4)nn3)CCO2)c(Cl)cc1Cl. The molecular formula is C15H12Cl2FN7O. The van der Waals surface area contributed by atoms with Crippen molar-refractivity contribution in [2.45, 2.75) is 6.10 Å². The fraction of sp³-hybridized carbons (Fsp3) is 0.267. The summed E-state index contributed by atoms with van der Waals surface area (Å²) >= 11 is 12.0. The third-order valence-corrected chi connectivity index (χ3v) is 4.62. The largest absolute Gasteiger partial charge is 0.370 e. The van der Waals surface area contributed by atoms with Crippen LogP contribution in [0.1, 0.15) is 11.7 Å². The summed E-state index contributed by atoms with van der Waals surface area (Å²) in [4.78, 5) is 1.99. The first kappa shape index (κ1) is 17.1. The highest BCUT2D eigenvalue weighted by Crippen LogP contribution is 2.33. The van der Waals surface area contributed by atoms with Crippen molar-refractivity contribution < 1.29 is 9.13 Å². The van der Waals surface area contributed by atoms with Crippen molar-refractivity contribution in [1.82, 2.24) is 30.8 Å². The van der Waals surface area contributed by atoms with E-state index in [4.69, 9.17) is 27.9 Å². The molecule has 1 unspecified atom stereocenters. The van der Waals surface area contributed by atoms with E-state index in [-0.39, 0.29) is 5.02 Å². The van der Waals surface area contributed by atoms with Crippen LogP contribution >= 0.6 is 23.2 Å². The third-order valence-electron chi connectivity index (χ3n) is 4.00. The van der Waals surface area contributed by atoms with Crippen LogP contribution in [-0.4, -0.2) is 50.5 Å². The Morgan fingerprint density at radius 1 is 1.15 bits per heavy atom. The van der Waals surface area contributed by atoms with Crippen molar-refractivity contribution in [1.29, 1.82) is 0 Å². The number of H-pyrrole nitrogens is 1. The summed E-state index contributed by atoms with van der Waals surface area (Å²) in [6.45, 7) is 1.52. The van der Waals surface area contributed by atoms with Gasteiger partial charge in [-0.2, -0.15) is 5.21 Å². The number of morpholine rings is 1. The fourth-order valence-electron chi connectivity index (χ4n) is 2.71. The summed E-state index contributed by atoms with van der Waals surface area (Å²) in [5, 5.41) is 22.3. The molecule has 0 bridgehead atoms. The highest BCUT2D eigenvalue weighted by Gasteiger charge is 2.26. The first-order chi connectivity index (χ1) is 12.6. The van der Waals surface area contributed by atoms with Crippen molar-refractivity contribution in [3.63, 3.8) is 0 Å². The van der Waals surface area contributed by atoms with E-state index < -0.39 is 11.9 Å². The van der Waals surface area contributed by atoms with Gasteiger partial charge >= 0.3 is 0 Å². The molecule has 4 rings (SSSR count). The van der Waals surface area contributed by atoms with Crippen LogP contribution in [-0.2, 0) is 4.74 Å². The number of tetrazole rings is 1. The zero-order valence-corrected chi connectivity index (χ0v) is 14.7. The fourth-order valence-corrected chi connectivity index (χ4v) is 3.22. The van der Waals surface area contributed by atoms with Crippen molar-refractivity contribution in [2.24, 2.45) is 0 Å². The van der Waals surface area contributed by atoms with E-state index in [9.17, 15) is 4.39 Å². The van der Waals surface area contributed by atoms with E-state index in [1.807, 2.05) is 11.0 Å². The summed E-state index contributed by atoms with van der Waals surface area (Å²) in [5.74, 6) is 0.500. The maximum atomic E-state index is 13.8. The predicted molar refractivity (Wildman–Crippen MR) is 92.5 cm³/mol. The molecule has 1 N–H and O–H groups in total. The monoisotopic (exact) mass is 395 g/mol. The Kier molecular flexibility index (Phi) is 4.66. The van der Waals surface area contributed by atoms with Gasteiger partial charge in [-0.05, 0) is 29.5 Å². The lowest BCUT2D eigenvalue weighted by atomic mass is 10.1.